The predicted molar refractivity (Wildman–Crippen MR) is 74.8 cm³/mol. The van der Waals surface area contributed by atoms with E-state index in [-0.39, 0.29) is 0 Å². The third-order valence-electron chi connectivity index (χ3n) is 3.09. The lowest BCUT2D eigenvalue weighted by molar-refractivity contribution is 0.527. The van der Waals surface area contributed by atoms with Gasteiger partial charge in [-0.15, -0.1) is 11.8 Å². The van der Waals surface area contributed by atoms with E-state index in [1.54, 1.807) is 18.0 Å². The second-order valence-electron chi connectivity index (χ2n) is 4.61. The third kappa shape index (κ3) is 4.16. The minimum Gasteiger partial charge on any atom is -0.313 e. The summed E-state index contributed by atoms with van der Waals surface area (Å²) in [5.41, 5.74) is 0. The molecule has 0 bridgehead atoms. The zero-order valence-corrected chi connectivity index (χ0v) is 11.7. The molecule has 0 radical (unpaired) electrons. The number of pyridine rings is 1. The highest BCUT2D eigenvalue weighted by Gasteiger charge is 2.16. The molecule has 1 aliphatic carbocycles. The van der Waals surface area contributed by atoms with Gasteiger partial charge in [0.2, 0.25) is 0 Å². The molecule has 1 aliphatic rings. The van der Waals surface area contributed by atoms with Gasteiger partial charge in [-0.1, -0.05) is 31.4 Å². The number of rotatable bonds is 5. The zero-order chi connectivity index (χ0) is 12.1. The van der Waals surface area contributed by atoms with Gasteiger partial charge in [-0.2, -0.15) is 0 Å². The van der Waals surface area contributed by atoms with Gasteiger partial charge in [-0.25, -0.2) is 4.98 Å². The fourth-order valence-electron chi connectivity index (χ4n) is 2.15. The van der Waals surface area contributed by atoms with Crippen LogP contribution in [0.4, 0.5) is 0 Å². The molecule has 17 heavy (non-hydrogen) atoms. The molecule has 1 N–H and O–H groups in total. The first-order valence-corrected chi connectivity index (χ1v) is 7.52. The van der Waals surface area contributed by atoms with Crippen LogP contribution in [-0.4, -0.2) is 22.8 Å². The van der Waals surface area contributed by atoms with Crippen LogP contribution in [0.1, 0.15) is 32.6 Å². The van der Waals surface area contributed by atoms with E-state index in [4.69, 9.17) is 11.6 Å². The summed E-state index contributed by atoms with van der Waals surface area (Å²) in [6, 6.07) is 4.50. The van der Waals surface area contributed by atoms with Crippen LogP contribution in [0.15, 0.2) is 23.4 Å². The van der Waals surface area contributed by atoms with E-state index in [0.717, 1.165) is 22.6 Å². The Labute approximate surface area is 113 Å². The number of nitrogens with zero attached hydrogens (tertiary/aromatic N) is 1. The molecular weight excluding hydrogens is 252 g/mol. The molecule has 1 saturated carbocycles. The molecule has 1 aromatic rings. The summed E-state index contributed by atoms with van der Waals surface area (Å²) in [6.07, 6.45) is 7.23. The Kier molecular flexibility index (Phi) is 5.14. The van der Waals surface area contributed by atoms with Crippen molar-refractivity contribution in [3.05, 3.63) is 23.4 Å². The van der Waals surface area contributed by atoms with Crippen molar-refractivity contribution in [2.45, 2.75) is 48.9 Å². The molecule has 0 aliphatic heterocycles. The monoisotopic (exact) mass is 270 g/mol. The highest BCUT2D eigenvalue weighted by Crippen LogP contribution is 2.27. The molecule has 0 spiro atoms. The summed E-state index contributed by atoms with van der Waals surface area (Å²) in [5, 5.41) is 5.83. The SMILES string of the molecule is CC(CNC1CCCC1)Sc1ncccc1Cl. The van der Waals surface area contributed by atoms with Crippen molar-refractivity contribution in [2.24, 2.45) is 0 Å². The van der Waals surface area contributed by atoms with Crippen LogP contribution in [0.25, 0.3) is 0 Å². The molecular formula is C13H19ClN2S. The summed E-state index contributed by atoms with van der Waals surface area (Å²) in [4.78, 5) is 4.30. The third-order valence-corrected chi connectivity index (χ3v) is 4.62. The first-order valence-electron chi connectivity index (χ1n) is 6.26. The summed E-state index contributed by atoms with van der Waals surface area (Å²) < 4.78 is 0. The normalized spacial score (nSPS) is 18.5. The van der Waals surface area contributed by atoms with Crippen molar-refractivity contribution in [1.29, 1.82) is 0 Å². The maximum atomic E-state index is 6.09. The minimum absolute atomic E-state index is 0.503. The summed E-state index contributed by atoms with van der Waals surface area (Å²) in [6.45, 7) is 3.25. The Morgan fingerprint density at radius 3 is 3.00 bits per heavy atom. The second-order valence-corrected chi connectivity index (χ2v) is 6.44. The standard InChI is InChI=1S/C13H19ClN2S/c1-10(9-16-11-5-2-3-6-11)17-13-12(14)7-4-8-15-13/h4,7-8,10-11,16H,2-3,5-6,9H2,1H3. The van der Waals surface area contributed by atoms with Gasteiger partial charge in [0.15, 0.2) is 0 Å². The van der Waals surface area contributed by atoms with E-state index < -0.39 is 0 Å². The fraction of sp³-hybridized carbons (Fsp3) is 0.615. The van der Waals surface area contributed by atoms with Crippen molar-refractivity contribution >= 4 is 23.4 Å². The van der Waals surface area contributed by atoms with E-state index in [9.17, 15) is 0 Å². The average molecular weight is 271 g/mol. The number of thioether (sulfide) groups is 1. The maximum Gasteiger partial charge on any atom is 0.115 e. The Hall–Kier alpha value is -0.250. The summed E-state index contributed by atoms with van der Waals surface area (Å²) >= 11 is 7.84. The first kappa shape index (κ1) is 13.2. The van der Waals surface area contributed by atoms with Gasteiger partial charge in [0, 0.05) is 24.0 Å². The lowest BCUT2D eigenvalue weighted by Crippen LogP contribution is -2.31. The number of aromatic nitrogens is 1. The zero-order valence-electron chi connectivity index (χ0n) is 10.2. The van der Waals surface area contributed by atoms with Gasteiger partial charge in [-0.3, -0.25) is 0 Å². The Morgan fingerprint density at radius 1 is 1.53 bits per heavy atom. The molecule has 94 valence electrons. The molecule has 0 amide bonds. The van der Waals surface area contributed by atoms with Gasteiger partial charge in [-0.05, 0) is 25.0 Å². The molecule has 0 aromatic carbocycles. The number of hydrogen-bond donors (Lipinski definition) is 1. The van der Waals surface area contributed by atoms with Gasteiger partial charge in [0.25, 0.3) is 0 Å². The van der Waals surface area contributed by atoms with Gasteiger partial charge in [0.05, 0.1) is 5.02 Å². The second kappa shape index (κ2) is 6.62. The number of halogens is 1. The molecule has 2 nitrogen and oxygen atoms in total. The van der Waals surface area contributed by atoms with E-state index in [2.05, 4.69) is 17.2 Å². The van der Waals surface area contributed by atoms with Gasteiger partial charge in [0.1, 0.15) is 5.03 Å². The Balaban J connectivity index is 1.76. The maximum absolute atomic E-state index is 6.09. The molecule has 1 fully saturated rings. The van der Waals surface area contributed by atoms with Crippen LogP contribution in [0.3, 0.4) is 0 Å². The lowest BCUT2D eigenvalue weighted by atomic mass is 10.2. The molecule has 1 atom stereocenters. The molecule has 2 rings (SSSR count). The largest absolute Gasteiger partial charge is 0.313 e. The van der Waals surface area contributed by atoms with Gasteiger partial charge >= 0.3 is 0 Å². The Morgan fingerprint density at radius 2 is 2.29 bits per heavy atom. The smallest absolute Gasteiger partial charge is 0.115 e. The Bertz CT molecular complexity index is 353. The van der Waals surface area contributed by atoms with E-state index in [0.29, 0.717) is 5.25 Å². The fourth-order valence-corrected chi connectivity index (χ4v) is 3.27. The molecule has 1 heterocycles. The minimum atomic E-state index is 0.503. The average Bonchev–Trinajstić information content (AvgIpc) is 2.82. The quantitative estimate of drug-likeness (QED) is 0.825. The summed E-state index contributed by atoms with van der Waals surface area (Å²) in [7, 11) is 0. The number of hydrogen-bond acceptors (Lipinski definition) is 3. The van der Waals surface area contributed by atoms with Crippen molar-refractivity contribution < 1.29 is 0 Å². The topological polar surface area (TPSA) is 24.9 Å². The van der Waals surface area contributed by atoms with Crippen LogP contribution in [0.5, 0.6) is 0 Å². The van der Waals surface area contributed by atoms with E-state index in [1.807, 2.05) is 12.1 Å². The van der Waals surface area contributed by atoms with Gasteiger partial charge < -0.3 is 5.32 Å². The van der Waals surface area contributed by atoms with E-state index in [1.165, 1.54) is 25.7 Å². The van der Waals surface area contributed by atoms with Crippen molar-refractivity contribution in [1.82, 2.24) is 10.3 Å². The van der Waals surface area contributed by atoms with Crippen LogP contribution >= 0.6 is 23.4 Å². The van der Waals surface area contributed by atoms with Crippen LogP contribution in [-0.2, 0) is 0 Å². The summed E-state index contributed by atoms with van der Waals surface area (Å²) in [5.74, 6) is 0. The van der Waals surface area contributed by atoms with Crippen LogP contribution in [0.2, 0.25) is 5.02 Å². The molecule has 1 unspecified atom stereocenters. The first-order chi connectivity index (χ1) is 8.25. The van der Waals surface area contributed by atoms with E-state index >= 15 is 0 Å². The highest BCUT2D eigenvalue weighted by molar-refractivity contribution is 8.00. The predicted octanol–water partition coefficient (Wildman–Crippen LogP) is 3.75. The molecule has 0 saturated heterocycles. The highest BCUT2D eigenvalue weighted by atomic mass is 35.5. The molecule has 4 heteroatoms. The lowest BCUT2D eigenvalue weighted by Gasteiger charge is -2.16. The molecule has 1 aromatic heterocycles. The van der Waals surface area contributed by atoms with Crippen LogP contribution in [0, 0.1) is 0 Å². The van der Waals surface area contributed by atoms with Crippen molar-refractivity contribution in [3.63, 3.8) is 0 Å². The van der Waals surface area contributed by atoms with Crippen molar-refractivity contribution in [3.8, 4) is 0 Å². The number of nitrogens with one attached hydrogen (secondary N) is 1. The van der Waals surface area contributed by atoms with Crippen molar-refractivity contribution in [2.75, 3.05) is 6.54 Å². The van der Waals surface area contributed by atoms with Crippen LogP contribution < -0.4 is 5.32 Å².